The Labute approximate surface area is 115 Å². The van der Waals surface area contributed by atoms with Crippen LogP contribution in [-0.4, -0.2) is 54.2 Å². The van der Waals surface area contributed by atoms with Gasteiger partial charge in [0.05, 0.1) is 18.2 Å². The highest BCUT2D eigenvalue weighted by atomic mass is 16.5. The fourth-order valence-corrected chi connectivity index (χ4v) is 2.60. The fraction of sp³-hybridized carbons (Fsp3) is 0.929. The molecule has 0 aromatic carbocycles. The van der Waals surface area contributed by atoms with E-state index in [2.05, 4.69) is 24.1 Å². The van der Waals surface area contributed by atoms with Crippen molar-refractivity contribution in [1.82, 2.24) is 10.2 Å². The Morgan fingerprint density at radius 1 is 1.47 bits per heavy atom. The van der Waals surface area contributed by atoms with Crippen molar-refractivity contribution in [2.75, 3.05) is 19.7 Å². The molecule has 3 atom stereocenters. The van der Waals surface area contributed by atoms with E-state index in [4.69, 9.17) is 10.5 Å². The molecule has 1 aliphatic carbocycles. The molecule has 110 valence electrons. The van der Waals surface area contributed by atoms with Crippen molar-refractivity contribution in [1.29, 1.82) is 0 Å². The number of nitrogens with two attached hydrogens (primary N) is 1. The number of hydrogen-bond acceptors (Lipinski definition) is 4. The van der Waals surface area contributed by atoms with E-state index in [1.165, 1.54) is 0 Å². The van der Waals surface area contributed by atoms with E-state index in [9.17, 15) is 4.79 Å². The van der Waals surface area contributed by atoms with Gasteiger partial charge in [0, 0.05) is 25.2 Å². The lowest BCUT2D eigenvalue weighted by atomic mass is 9.95. The minimum atomic E-state index is -0.581. The third kappa shape index (κ3) is 3.91. The van der Waals surface area contributed by atoms with Gasteiger partial charge in [-0.1, -0.05) is 0 Å². The number of carbonyl (C=O) groups is 1. The molecule has 1 saturated carbocycles. The van der Waals surface area contributed by atoms with Crippen molar-refractivity contribution < 1.29 is 9.53 Å². The lowest BCUT2D eigenvalue weighted by molar-refractivity contribution is -0.124. The van der Waals surface area contributed by atoms with Crippen molar-refractivity contribution in [3.63, 3.8) is 0 Å². The summed E-state index contributed by atoms with van der Waals surface area (Å²) in [4.78, 5) is 14.1. The number of primary amides is 1. The van der Waals surface area contributed by atoms with Gasteiger partial charge in [-0.05, 0) is 40.0 Å². The van der Waals surface area contributed by atoms with E-state index in [1.54, 1.807) is 0 Å². The SMILES string of the molecule is CC1CN(CCC(C)(NC2CC2)C(N)=O)C(C)CO1. The molecule has 0 bridgehead atoms. The van der Waals surface area contributed by atoms with Gasteiger partial charge in [-0.2, -0.15) is 0 Å². The van der Waals surface area contributed by atoms with Crippen molar-refractivity contribution in [3.8, 4) is 0 Å². The molecule has 1 aliphatic heterocycles. The Kier molecular flexibility index (Phi) is 4.48. The highest BCUT2D eigenvalue weighted by Gasteiger charge is 2.37. The monoisotopic (exact) mass is 269 g/mol. The summed E-state index contributed by atoms with van der Waals surface area (Å²) >= 11 is 0. The van der Waals surface area contributed by atoms with Gasteiger partial charge in [0.25, 0.3) is 0 Å². The quantitative estimate of drug-likeness (QED) is 0.736. The molecule has 0 aromatic rings. The van der Waals surface area contributed by atoms with Gasteiger partial charge in [-0.25, -0.2) is 0 Å². The average molecular weight is 269 g/mol. The molecule has 0 radical (unpaired) electrons. The van der Waals surface area contributed by atoms with Crippen LogP contribution >= 0.6 is 0 Å². The molecule has 2 rings (SSSR count). The Morgan fingerprint density at radius 2 is 2.16 bits per heavy atom. The summed E-state index contributed by atoms with van der Waals surface area (Å²) in [6.45, 7) is 8.77. The summed E-state index contributed by atoms with van der Waals surface area (Å²) in [5.74, 6) is -0.242. The second kappa shape index (κ2) is 5.77. The van der Waals surface area contributed by atoms with E-state index in [0.717, 1.165) is 39.0 Å². The van der Waals surface area contributed by atoms with Crippen LogP contribution in [0.15, 0.2) is 0 Å². The number of amides is 1. The molecule has 0 spiro atoms. The van der Waals surface area contributed by atoms with Crippen LogP contribution in [0, 0.1) is 0 Å². The standard InChI is InChI=1S/C14H27N3O2/c1-10-9-19-11(2)8-17(10)7-6-14(3,13(15)18)16-12-4-5-12/h10-12,16H,4-9H2,1-3H3,(H2,15,18). The van der Waals surface area contributed by atoms with Crippen LogP contribution < -0.4 is 11.1 Å². The van der Waals surface area contributed by atoms with Gasteiger partial charge >= 0.3 is 0 Å². The van der Waals surface area contributed by atoms with E-state index in [-0.39, 0.29) is 12.0 Å². The van der Waals surface area contributed by atoms with Crippen LogP contribution in [-0.2, 0) is 9.53 Å². The molecule has 0 aromatic heterocycles. The van der Waals surface area contributed by atoms with E-state index >= 15 is 0 Å². The van der Waals surface area contributed by atoms with E-state index in [1.807, 2.05) is 6.92 Å². The van der Waals surface area contributed by atoms with Crippen molar-refractivity contribution >= 4 is 5.91 Å². The topological polar surface area (TPSA) is 67.6 Å². The highest BCUT2D eigenvalue weighted by Crippen LogP contribution is 2.24. The first-order valence-corrected chi connectivity index (χ1v) is 7.34. The molecule has 2 fully saturated rings. The summed E-state index contributed by atoms with van der Waals surface area (Å²) in [6.07, 6.45) is 3.35. The van der Waals surface area contributed by atoms with Crippen molar-refractivity contribution in [3.05, 3.63) is 0 Å². The van der Waals surface area contributed by atoms with Crippen LogP contribution in [0.3, 0.4) is 0 Å². The third-order valence-electron chi connectivity index (χ3n) is 4.28. The summed E-state index contributed by atoms with van der Waals surface area (Å²) in [6, 6.07) is 0.896. The maximum atomic E-state index is 11.7. The molecule has 3 unspecified atom stereocenters. The Hall–Kier alpha value is -0.650. The number of hydrogen-bond donors (Lipinski definition) is 2. The predicted molar refractivity (Wildman–Crippen MR) is 74.8 cm³/mol. The van der Waals surface area contributed by atoms with Crippen LogP contribution in [0.25, 0.3) is 0 Å². The lowest BCUT2D eigenvalue weighted by Gasteiger charge is -2.39. The minimum absolute atomic E-state index is 0.242. The first-order valence-electron chi connectivity index (χ1n) is 7.34. The van der Waals surface area contributed by atoms with Gasteiger partial charge in [0.1, 0.15) is 0 Å². The molecule has 5 heteroatoms. The maximum absolute atomic E-state index is 11.7. The highest BCUT2D eigenvalue weighted by molar-refractivity contribution is 5.84. The zero-order valence-corrected chi connectivity index (χ0v) is 12.3. The number of rotatable bonds is 6. The maximum Gasteiger partial charge on any atom is 0.237 e. The van der Waals surface area contributed by atoms with Gasteiger partial charge in [-0.15, -0.1) is 0 Å². The third-order valence-corrected chi connectivity index (χ3v) is 4.28. The lowest BCUT2D eigenvalue weighted by Crippen LogP contribution is -2.57. The molecule has 1 amide bonds. The largest absolute Gasteiger partial charge is 0.376 e. The molecule has 1 heterocycles. The van der Waals surface area contributed by atoms with Crippen molar-refractivity contribution in [2.24, 2.45) is 5.73 Å². The summed E-state index contributed by atoms with van der Waals surface area (Å²) in [5, 5.41) is 3.40. The second-order valence-corrected chi connectivity index (χ2v) is 6.35. The first-order chi connectivity index (χ1) is 8.90. The number of ether oxygens (including phenoxy) is 1. The van der Waals surface area contributed by atoms with Crippen LogP contribution in [0.2, 0.25) is 0 Å². The number of morpholine rings is 1. The molecule has 2 aliphatic rings. The van der Waals surface area contributed by atoms with Gasteiger partial charge in [0.15, 0.2) is 0 Å². The zero-order valence-electron chi connectivity index (χ0n) is 12.3. The van der Waals surface area contributed by atoms with Crippen LogP contribution in [0.1, 0.15) is 40.0 Å². The number of nitrogens with one attached hydrogen (secondary N) is 1. The summed E-state index contributed by atoms with van der Waals surface area (Å²) in [7, 11) is 0. The van der Waals surface area contributed by atoms with Gasteiger partial charge in [-0.3, -0.25) is 9.69 Å². The molecule has 5 nitrogen and oxygen atoms in total. The fourth-order valence-electron chi connectivity index (χ4n) is 2.60. The predicted octanol–water partition coefficient (Wildman–Crippen LogP) is 0.482. The number of carbonyl (C=O) groups excluding carboxylic acids is 1. The molecular formula is C14H27N3O2. The Morgan fingerprint density at radius 3 is 2.74 bits per heavy atom. The summed E-state index contributed by atoms with van der Waals surface area (Å²) in [5.41, 5.74) is 5.00. The van der Waals surface area contributed by atoms with E-state index < -0.39 is 5.54 Å². The van der Waals surface area contributed by atoms with E-state index in [0.29, 0.717) is 12.1 Å². The smallest absolute Gasteiger partial charge is 0.237 e. The van der Waals surface area contributed by atoms with Crippen molar-refractivity contribution in [2.45, 2.75) is 63.8 Å². The molecule has 3 N–H and O–H groups in total. The van der Waals surface area contributed by atoms with Crippen LogP contribution in [0.5, 0.6) is 0 Å². The van der Waals surface area contributed by atoms with Gasteiger partial charge < -0.3 is 15.8 Å². The first kappa shape index (κ1) is 14.8. The molecular weight excluding hydrogens is 242 g/mol. The Balaban J connectivity index is 1.88. The summed E-state index contributed by atoms with van der Waals surface area (Å²) < 4.78 is 5.63. The number of nitrogens with zero attached hydrogens (tertiary/aromatic N) is 1. The second-order valence-electron chi connectivity index (χ2n) is 6.35. The van der Waals surface area contributed by atoms with Crippen LogP contribution in [0.4, 0.5) is 0 Å². The van der Waals surface area contributed by atoms with Gasteiger partial charge in [0.2, 0.25) is 5.91 Å². The molecule has 19 heavy (non-hydrogen) atoms. The minimum Gasteiger partial charge on any atom is -0.376 e. The normalized spacial score (nSPS) is 31.9. The Bertz CT molecular complexity index is 333. The zero-order chi connectivity index (χ0) is 14.0. The average Bonchev–Trinajstić information content (AvgIpc) is 3.14. The molecule has 1 saturated heterocycles.